The lowest BCUT2D eigenvalue weighted by Gasteiger charge is -2.45. The fraction of sp³-hybridized carbons (Fsp3) is 0.391. The van der Waals surface area contributed by atoms with E-state index >= 15 is 0 Å². The minimum atomic E-state index is -1.04. The van der Waals surface area contributed by atoms with Gasteiger partial charge in [0.15, 0.2) is 17.3 Å². The molecule has 2 aromatic heterocycles. The van der Waals surface area contributed by atoms with Gasteiger partial charge in [-0.25, -0.2) is 18.3 Å². The van der Waals surface area contributed by atoms with Crippen LogP contribution >= 0.6 is 11.6 Å². The third kappa shape index (κ3) is 3.84. The molecule has 5 rings (SSSR count). The third-order valence-corrected chi connectivity index (χ3v) is 7.11. The molecule has 1 N–H and O–H groups in total. The van der Waals surface area contributed by atoms with E-state index in [4.69, 9.17) is 11.6 Å². The topological polar surface area (TPSA) is 79.6 Å². The van der Waals surface area contributed by atoms with Crippen molar-refractivity contribution in [1.29, 1.82) is 0 Å². The van der Waals surface area contributed by atoms with E-state index in [1.165, 1.54) is 15.6 Å². The summed E-state index contributed by atoms with van der Waals surface area (Å²) in [6, 6.07) is 5.34. The minimum Gasteiger partial charge on any atom is -0.348 e. The largest absolute Gasteiger partial charge is 0.348 e. The molecule has 2 aliphatic rings. The maximum atomic E-state index is 13.8. The number of carbonyl (C=O) groups is 2. The molecule has 0 atom stereocenters. The van der Waals surface area contributed by atoms with Gasteiger partial charge in [-0.05, 0) is 56.7 Å². The van der Waals surface area contributed by atoms with Gasteiger partial charge in [-0.2, -0.15) is 5.10 Å². The van der Waals surface area contributed by atoms with Crippen LogP contribution in [0.25, 0.3) is 5.65 Å². The Labute approximate surface area is 193 Å². The summed E-state index contributed by atoms with van der Waals surface area (Å²) in [5.41, 5.74) is 0.571. The first kappa shape index (κ1) is 21.8. The number of amides is 2. The van der Waals surface area contributed by atoms with Gasteiger partial charge in [0, 0.05) is 30.3 Å². The number of carbonyl (C=O) groups excluding carboxylic acids is 2. The second kappa shape index (κ2) is 8.37. The predicted molar refractivity (Wildman–Crippen MR) is 118 cm³/mol. The van der Waals surface area contributed by atoms with Gasteiger partial charge in [0.1, 0.15) is 5.69 Å². The van der Waals surface area contributed by atoms with Crippen LogP contribution in [0.1, 0.15) is 49.0 Å². The zero-order valence-electron chi connectivity index (χ0n) is 17.7. The smallest absolute Gasteiger partial charge is 0.271 e. The first-order valence-corrected chi connectivity index (χ1v) is 11.3. The number of aromatic nitrogens is 3. The lowest BCUT2D eigenvalue weighted by atomic mass is 9.67. The Bertz CT molecular complexity index is 1240. The van der Waals surface area contributed by atoms with Crippen molar-refractivity contribution in [3.8, 4) is 0 Å². The molecule has 1 aromatic carbocycles. The summed E-state index contributed by atoms with van der Waals surface area (Å²) in [5.74, 6) is -2.44. The summed E-state index contributed by atoms with van der Waals surface area (Å²) < 4.78 is 28.8. The van der Waals surface area contributed by atoms with Crippen LogP contribution in [0, 0.1) is 17.0 Å². The van der Waals surface area contributed by atoms with E-state index in [1.54, 1.807) is 18.3 Å². The van der Waals surface area contributed by atoms with E-state index < -0.39 is 17.0 Å². The molecule has 33 heavy (non-hydrogen) atoms. The fourth-order valence-corrected chi connectivity index (χ4v) is 5.29. The van der Waals surface area contributed by atoms with Crippen molar-refractivity contribution >= 4 is 34.7 Å². The van der Waals surface area contributed by atoms with Gasteiger partial charge < -0.3 is 10.2 Å². The van der Waals surface area contributed by atoms with Gasteiger partial charge in [-0.1, -0.05) is 11.6 Å². The second-order valence-electron chi connectivity index (χ2n) is 8.74. The highest BCUT2D eigenvalue weighted by atomic mass is 35.5. The fourth-order valence-electron chi connectivity index (χ4n) is 5.04. The van der Waals surface area contributed by atoms with Crippen LogP contribution in [-0.2, 0) is 4.79 Å². The van der Waals surface area contributed by atoms with Crippen molar-refractivity contribution in [1.82, 2.24) is 19.9 Å². The van der Waals surface area contributed by atoms with Crippen LogP contribution in [-0.4, -0.2) is 39.0 Å². The predicted octanol–water partition coefficient (Wildman–Crippen LogP) is 4.15. The van der Waals surface area contributed by atoms with E-state index in [9.17, 15) is 18.4 Å². The number of hydrogen-bond donors (Lipinski definition) is 1. The molecule has 10 heteroatoms. The zero-order valence-corrected chi connectivity index (χ0v) is 18.5. The quantitative estimate of drug-likeness (QED) is 0.580. The highest BCUT2D eigenvalue weighted by Gasteiger charge is 2.47. The molecule has 1 saturated carbocycles. The van der Waals surface area contributed by atoms with E-state index in [0.29, 0.717) is 43.6 Å². The first-order valence-electron chi connectivity index (χ1n) is 10.9. The Hall–Kier alpha value is -3.07. The first-order chi connectivity index (χ1) is 15.9. The zero-order chi connectivity index (χ0) is 23.2. The molecule has 0 bridgehead atoms. The third-order valence-electron chi connectivity index (χ3n) is 6.80. The molecule has 1 aliphatic heterocycles. The number of nitrogens with zero attached hydrogens (tertiary/aromatic N) is 4. The number of piperidine rings is 1. The molecule has 0 radical (unpaired) electrons. The standard InChI is InChI=1S/C23H22ClF2N5O2/c24-15-11-16(25)17(26)12-18(15)30-10-2-6-23(22(30)33)7-4-14(5-8-23)29-21(32)19-13-27-20-3-1-9-28-31(19)20/h1,3,9,11-14H,2,4-8,10H2,(H,29,32)/t14-,23-. The number of benzene rings is 1. The van der Waals surface area contributed by atoms with Crippen molar-refractivity contribution in [3.05, 3.63) is 59.0 Å². The average Bonchev–Trinajstić information content (AvgIpc) is 3.24. The van der Waals surface area contributed by atoms with Gasteiger partial charge in [0.25, 0.3) is 5.91 Å². The lowest BCUT2D eigenvalue weighted by molar-refractivity contribution is -0.132. The number of rotatable bonds is 3. The Balaban J connectivity index is 1.28. The molecule has 2 amide bonds. The van der Waals surface area contributed by atoms with Crippen molar-refractivity contribution in [2.24, 2.45) is 5.41 Å². The summed E-state index contributed by atoms with van der Waals surface area (Å²) in [6.45, 7) is 0.410. The molecule has 3 heterocycles. The molecule has 172 valence electrons. The van der Waals surface area contributed by atoms with Crippen LogP contribution in [0.4, 0.5) is 14.5 Å². The highest BCUT2D eigenvalue weighted by molar-refractivity contribution is 6.33. The number of hydrogen-bond acceptors (Lipinski definition) is 4. The second-order valence-corrected chi connectivity index (χ2v) is 9.15. The molecular formula is C23H22ClF2N5O2. The van der Waals surface area contributed by atoms with Gasteiger partial charge in [-0.15, -0.1) is 0 Å². The molecular weight excluding hydrogens is 452 g/mol. The molecule has 1 spiro atoms. The van der Waals surface area contributed by atoms with Crippen LogP contribution in [0.15, 0.2) is 36.7 Å². The van der Waals surface area contributed by atoms with Crippen molar-refractivity contribution in [2.75, 3.05) is 11.4 Å². The number of imidazole rings is 1. The van der Waals surface area contributed by atoms with Crippen LogP contribution in [0.3, 0.4) is 0 Å². The molecule has 2 fully saturated rings. The number of fused-ring (bicyclic) bond motifs is 1. The van der Waals surface area contributed by atoms with E-state index in [0.717, 1.165) is 25.0 Å². The highest BCUT2D eigenvalue weighted by Crippen LogP contribution is 2.46. The van der Waals surface area contributed by atoms with Crippen molar-refractivity contribution in [2.45, 2.75) is 44.6 Å². The monoisotopic (exact) mass is 473 g/mol. The van der Waals surface area contributed by atoms with E-state index in [2.05, 4.69) is 15.4 Å². The van der Waals surface area contributed by atoms with E-state index in [-0.39, 0.29) is 28.6 Å². The SMILES string of the molecule is O=C(N[C@H]1CC[C@@]2(CCCN(c3cc(F)c(F)cc3Cl)C2=O)CC1)c1cnc2cccnn12. The number of nitrogens with one attached hydrogen (secondary N) is 1. The Morgan fingerprint density at radius 2 is 1.94 bits per heavy atom. The van der Waals surface area contributed by atoms with Gasteiger partial charge >= 0.3 is 0 Å². The normalized spacial score (nSPS) is 23.3. The minimum absolute atomic E-state index is 0.0156. The molecule has 0 unspecified atom stereocenters. The Kier molecular flexibility index (Phi) is 5.52. The maximum Gasteiger partial charge on any atom is 0.271 e. The molecule has 1 aliphatic carbocycles. The van der Waals surface area contributed by atoms with Gasteiger partial charge in [-0.3, -0.25) is 9.59 Å². The summed E-state index contributed by atoms with van der Waals surface area (Å²) in [6.07, 6.45) is 7.03. The summed E-state index contributed by atoms with van der Waals surface area (Å²) >= 11 is 6.14. The molecule has 1 saturated heterocycles. The summed E-state index contributed by atoms with van der Waals surface area (Å²) in [5, 5.41) is 7.23. The van der Waals surface area contributed by atoms with Crippen molar-refractivity contribution < 1.29 is 18.4 Å². The van der Waals surface area contributed by atoms with Crippen LogP contribution in [0.5, 0.6) is 0 Å². The molecule has 3 aromatic rings. The Morgan fingerprint density at radius 1 is 1.18 bits per heavy atom. The number of anilines is 1. The summed E-state index contributed by atoms with van der Waals surface area (Å²) in [7, 11) is 0. The maximum absolute atomic E-state index is 13.8. The number of halogens is 3. The van der Waals surface area contributed by atoms with Crippen LogP contribution < -0.4 is 10.2 Å². The molecule has 7 nitrogen and oxygen atoms in total. The van der Waals surface area contributed by atoms with Gasteiger partial charge in [0.05, 0.1) is 16.9 Å². The van der Waals surface area contributed by atoms with Crippen molar-refractivity contribution in [3.63, 3.8) is 0 Å². The lowest BCUT2D eigenvalue weighted by Crippen LogP contribution is -2.52. The average molecular weight is 474 g/mol. The van der Waals surface area contributed by atoms with Crippen LogP contribution in [0.2, 0.25) is 5.02 Å². The van der Waals surface area contributed by atoms with Gasteiger partial charge in [0.2, 0.25) is 5.91 Å². The summed E-state index contributed by atoms with van der Waals surface area (Å²) in [4.78, 5) is 31.9. The van der Waals surface area contributed by atoms with E-state index in [1.807, 2.05) is 0 Å². The Morgan fingerprint density at radius 3 is 2.73 bits per heavy atom.